The van der Waals surface area contributed by atoms with Gasteiger partial charge in [0, 0.05) is 59.4 Å². The summed E-state index contributed by atoms with van der Waals surface area (Å²) in [7, 11) is 5.26. The zero-order valence-corrected chi connectivity index (χ0v) is 17.2. The number of nitrogens with zero attached hydrogens (tertiary/aromatic N) is 4. The summed E-state index contributed by atoms with van der Waals surface area (Å²) in [5, 5.41) is 3.38. The van der Waals surface area contributed by atoms with E-state index in [0.717, 1.165) is 37.7 Å². The van der Waals surface area contributed by atoms with Crippen molar-refractivity contribution in [3.8, 4) is 0 Å². The van der Waals surface area contributed by atoms with Gasteiger partial charge in [-0.2, -0.15) is 0 Å². The van der Waals surface area contributed by atoms with Crippen LogP contribution in [-0.4, -0.2) is 69.0 Å². The number of carbonyl (C=O) groups excluding carboxylic acids is 1. The predicted octanol–water partition coefficient (Wildman–Crippen LogP) is 2.43. The quantitative estimate of drug-likeness (QED) is 0.636. The summed E-state index contributed by atoms with van der Waals surface area (Å²) in [5.74, 6) is 0.638. The first-order chi connectivity index (χ1) is 14.0. The lowest BCUT2D eigenvalue weighted by Gasteiger charge is -2.37. The molecule has 0 saturated carbocycles. The van der Waals surface area contributed by atoms with Crippen LogP contribution in [0, 0.1) is 5.82 Å². The van der Waals surface area contributed by atoms with E-state index in [4.69, 9.17) is 0 Å². The van der Waals surface area contributed by atoms with E-state index in [-0.39, 0.29) is 11.7 Å². The van der Waals surface area contributed by atoms with Crippen molar-refractivity contribution < 1.29 is 9.18 Å². The van der Waals surface area contributed by atoms with E-state index in [2.05, 4.69) is 20.1 Å². The number of aliphatic imine (C=N–C) groups is 1. The summed E-state index contributed by atoms with van der Waals surface area (Å²) >= 11 is 0. The SMILES string of the molecule is CN=C(NCc1ccc(C(=O)N(C)C)cc1)N1CCN(c2ccccc2F)CC1. The highest BCUT2D eigenvalue weighted by Gasteiger charge is 2.21. The molecule has 1 fully saturated rings. The lowest BCUT2D eigenvalue weighted by atomic mass is 10.1. The fourth-order valence-corrected chi connectivity index (χ4v) is 3.40. The number of halogens is 1. The summed E-state index contributed by atoms with van der Waals surface area (Å²) in [6.07, 6.45) is 0. The Morgan fingerprint density at radius 1 is 1.07 bits per heavy atom. The van der Waals surface area contributed by atoms with Crippen LogP contribution in [0.3, 0.4) is 0 Å². The van der Waals surface area contributed by atoms with E-state index in [1.54, 1.807) is 32.1 Å². The highest BCUT2D eigenvalue weighted by molar-refractivity contribution is 5.93. The molecule has 1 N–H and O–H groups in total. The molecular formula is C22H28FN5O. The lowest BCUT2D eigenvalue weighted by molar-refractivity contribution is 0.0827. The molecule has 1 amide bonds. The van der Waals surface area contributed by atoms with Crippen molar-refractivity contribution in [3.05, 3.63) is 65.5 Å². The van der Waals surface area contributed by atoms with Crippen molar-refractivity contribution in [2.75, 3.05) is 52.2 Å². The summed E-state index contributed by atoms with van der Waals surface area (Å²) < 4.78 is 14.0. The van der Waals surface area contributed by atoms with Crippen LogP contribution >= 0.6 is 0 Å². The maximum atomic E-state index is 14.0. The van der Waals surface area contributed by atoms with Gasteiger partial charge in [-0.15, -0.1) is 0 Å². The topological polar surface area (TPSA) is 51.2 Å². The molecule has 3 rings (SSSR count). The van der Waals surface area contributed by atoms with Crippen LogP contribution in [0.2, 0.25) is 0 Å². The van der Waals surface area contributed by atoms with Crippen LogP contribution in [0.4, 0.5) is 10.1 Å². The van der Waals surface area contributed by atoms with Crippen molar-refractivity contribution in [1.82, 2.24) is 15.1 Å². The van der Waals surface area contributed by atoms with Crippen LogP contribution in [-0.2, 0) is 6.54 Å². The second kappa shape index (κ2) is 9.41. The van der Waals surface area contributed by atoms with Gasteiger partial charge in [-0.3, -0.25) is 9.79 Å². The van der Waals surface area contributed by atoms with E-state index in [0.29, 0.717) is 17.8 Å². The molecule has 1 saturated heterocycles. The van der Waals surface area contributed by atoms with E-state index in [1.165, 1.54) is 6.07 Å². The van der Waals surface area contributed by atoms with Gasteiger partial charge in [-0.05, 0) is 29.8 Å². The minimum atomic E-state index is -0.181. The Hall–Kier alpha value is -3.09. The number of rotatable bonds is 4. The van der Waals surface area contributed by atoms with Crippen molar-refractivity contribution in [2.24, 2.45) is 4.99 Å². The molecule has 2 aromatic rings. The highest BCUT2D eigenvalue weighted by Crippen LogP contribution is 2.20. The number of nitrogens with one attached hydrogen (secondary N) is 1. The number of guanidine groups is 1. The molecule has 0 atom stereocenters. The summed E-state index contributed by atoms with van der Waals surface area (Å²) in [6.45, 7) is 3.64. The van der Waals surface area contributed by atoms with Gasteiger partial charge in [0.05, 0.1) is 5.69 Å². The molecule has 1 aliphatic rings. The monoisotopic (exact) mass is 397 g/mol. The third-order valence-electron chi connectivity index (χ3n) is 5.04. The maximum absolute atomic E-state index is 14.0. The molecule has 0 aromatic heterocycles. The van der Waals surface area contributed by atoms with Gasteiger partial charge in [0.25, 0.3) is 5.91 Å². The summed E-state index contributed by atoms with van der Waals surface area (Å²) in [4.78, 5) is 22.2. The molecule has 2 aromatic carbocycles. The molecule has 0 unspecified atom stereocenters. The molecule has 0 spiro atoms. The van der Waals surface area contributed by atoms with Crippen molar-refractivity contribution in [2.45, 2.75) is 6.54 Å². The van der Waals surface area contributed by atoms with Crippen molar-refractivity contribution in [3.63, 3.8) is 0 Å². The average molecular weight is 397 g/mol. The average Bonchev–Trinajstić information content (AvgIpc) is 2.75. The third kappa shape index (κ3) is 5.04. The molecule has 6 nitrogen and oxygen atoms in total. The first kappa shape index (κ1) is 20.6. The number of hydrogen-bond acceptors (Lipinski definition) is 3. The molecule has 7 heteroatoms. The number of benzene rings is 2. The molecule has 0 aliphatic carbocycles. The van der Waals surface area contributed by atoms with Crippen LogP contribution in [0.1, 0.15) is 15.9 Å². The van der Waals surface area contributed by atoms with Crippen LogP contribution < -0.4 is 10.2 Å². The fourth-order valence-electron chi connectivity index (χ4n) is 3.40. The van der Waals surface area contributed by atoms with Crippen molar-refractivity contribution >= 4 is 17.6 Å². The van der Waals surface area contributed by atoms with Crippen LogP contribution in [0.5, 0.6) is 0 Å². The Morgan fingerprint density at radius 2 is 1.72 bits per heavy atom. The van der Waals surface area contributed by atoms with Crippen molar-refractivity contribution in [1.29, 1.82) is 0 Å². The number of piperazine rings is 1. The van der Waals surface area contributed by atoms with E-state index >= 15 is 0 Å². The van der Waals surface area contributed by atoms with E-state index < -0.39 is 0 Å². The summed E-state index contributed by atoms with van der Waals surface area (Å²) in [6, 6.07) is 14.5. The van der Waals surface area contributed by atoms with Gasteiger partial charge < -0.3 is 20.0 Å². The van der Waals surface area contributed by atoms with Gasteiger partial charge in [-0.1, -0.05) is 24.3 Å². The second-order valence-corrected chi connectivity index (χ2v) is 7.22. The number of hydrogen-bond donors (Lipinski definition) is 1. The molecule has 0 bridgehead atoms. The first-order valence-electron chi connectivity index (χ1n) is 9.75. The molecule has 0 radical (unpaired) electrons. The Morgan fingerprint density at radius 3 is 2.31 bits per heavy atom. The number of amides is 1. The van der Waals surface area contributed by atoms with Crippen LogP contribution in [0.15, 0.2) is 53.5 Å². The standard InChI is InChI=1S/C22H28FN5O/c1-24-22(25-16-17-8-10-18(11-9-17)21(29)26(2)3)28-14-12-27(13-15-28)20-7-5-4-6-19(20)23/h4-11H,12-16H2,1-3H3,(H,24,25). The zero-order valence-electron chi connectivity index (χ0n) is 17.2. The summed E-state index contributed by atoms with van der Waals surface area (Å²) in [5.41, 5.74) is 2.40. The molecule has 154 valence electrons. The minimum absolute atomic E-state index is 0.00644. The molecule has 1 aliphatic heterocycles. The number of para-hydroxylation sites is 1. The minimum Gasteiger partial charge on any atom is -0.366 e. The smallest absolute Gasteiger partial charge is 0.253 e. The normalized spacial score (nSPS) is 14.7. The van der Waals surface area contributed by atoms with Gasteiger partial charge in [0.2, 0.25) is 0 Å². The van der Waals surface area contributed by atoms with E-state index in [9.17, 15) is 9.18 Å². The third-order valence-corrected chi connectivity index (χ3v) is 5.04. The van der Waals surface area contributed by atoms with Gasteiger partial charge >= 0.3 is 0 Å². The molecule has 1 heterocycles. The maximum Gasteiger partial charge on any atom is 0.253 e. The predicted molar refractivity (Wildman–Crippen MR) is 115 cm³/mol. The molecular weight excluding hydrogens is 369 g/mol. The zero-order chi connectivity index (χ0) is 20.8. The Balaban J connectivity index is 1.54. The van der Waals surface area contributed by atoms with Gasteiger partial charge in [0.15, 0.2) is 5.96 Å². The lowest BCUT2D eigenvalue weighted by Crippen LogP contribution is -2.52. The van der Waals surface area contributed by atoms with Gasteiger partial charge in [-0.25, -0.2) is 4.39 Å². The van der Waals surface area contributed by atoms with Gasteiger partial charge in [0.1, 0.15) is 5.82 Å². The number of carbonyl (C=O) groups is 1. The number of anilines is 1. The molecule has 29 heavy (non-hydrogen) atoms. The highest BCUT2D eigenvalue weighted by atomic mass is 19.1. The fraction of sp³-hybridized carbons (Fsp3) is 0.364. The van der Waals surface area contributed by atoms with Crippen LogP contribution in [0.25, 0.3) is 0 Å². The first-order valence-corrected chi connectivity index (χ1v) is 9.75. The van der Waals surface area contributed by atoms with E-state index in [1.807, 2.05) is 36.4 Å². The Labute approximate surface area is 171 Å². The second-order valence-electron chi connectivity index (χ2n) is 7.22. The Kier molecular flexibility index (Phi) is 6.69. The Bertz CT molecular complexity index is 858. The largest absolute Gasteiger partial charge is 0.366 e.